The van der Waals surface area contributed by atoms with Crippen molar-refractivity contribution >= 4 is 0 Å². The van der Waals surface area contributed by atoms with Crippen LogP contribution in [-0.4, -0.2) is 49.8 Å². The maximum absolute atomic E-state index is 5.35. The minimum Gasteiger partial charge on any atom is -0.379 e. The Hall–Kier alpha value is -0.120. The third-order valence-corrected chi connectivity index (χ3v) is 3.40. The summed E-state index contributed by atoms with van der Waals surface area (Å²) in [6.45, 7) is 14.1. The Balaban J connectivity index is 2.19. The summed E-state index contributed by atoms with van der Waals surface area (Å²) in [4.78, 5) is 2.50. The van der Waals surface area contributed by atoms with Crippen molar-refractivity contribution in [2.75, 3.05) is 32.8 Å². The van der Waals surface area contributed by atoms with E-state index < -0.39 is 0 Å². The highest BCUT2D eigenvalue weighted by atomic mass is 16.5. The molecule has 0 aromatic heterocycles. The summed E-state index contributed by atoms with van der Waals surface area (Å²) in [5.74, 6) is 0.710. The van der Waals surface area contributed by atoms with E-state index >= 15 is 0 Å². The van der Waals surface area contributed by atoms with Crippen LogP contribution >= 0.6 is 0 Å². The molecule has 0 bridgehead atoms. The van der Waals surface area contributed by atoms with E-state index in [0.717, 1.165) is 32.8 Å². The maximum atomic E-state index is 5.35. The molecule has 90 valence electrons. The van der Waals surface area contributed by atoms with Crippen molar-refractivity contribution in [1.82, 2.24) is 10.2 Å². The zero-order valence-electron chi connectivity index (χ0n) is 10.6. The fourth-order valence-corrected chi connectivity index (χ4v) is 1.74. The van der Waals surface area contributed by atoms with Crippen molar-refractivity contribution < 1.29 is 4.74 Å². The molecule has 0 aromatic carbocycles. The predicted octanol–water partition coefficient (Wildman–Crippen LogP) is 1.34. The largest absolute Gasteiger partial charge is 0.379 e. The summed E-state index contributed by atoms with van der Waals surface area (Å²) in [5.41, 5.74) is 0. The zero-order chi connectivity index (χ0) is 11.3. The number of hydrogen-bond donors (Lipinski definition) is 1. The van der Waals surface area contributed by atoms with Gasteiger partial charge in [-0.15, -0.1) is 0 Å². The molecule has 0 aromatic rings. The molecule has 0 amide bonds. The van der Waals surface area contributed by atoms with Gasteiger partial charge in [0.25, 0.3) is 0 Å². The van der Waals surface area contributed by atoms with Gasteiger partial charge in [0.1, 0.15) is 0 Å². The molecule has 0 aliphatic carbocycles. The van der Waals surface area contributed by atoms with E-state index in [9.17, 15) is 0 Å². The number of rotatable bonds is 5. The number of morpholine rings is 1. The highest BCUT2D eigenvalue weighted by Crippen LogP contribution is 2.04. The molecule has 0 radical (unpaired) electrons. The average Bonchev–Trinajstić information content (AvgIpc) is 2.26. The van der Waals surface area contributed by atoms with E-state index in [4.69, 9.17) is 4.74 Å². The summed E-state index contributed by atoms with van der Waals surface area (Å²) >= 11 is 0. The minimum atomic E-state index is 0.605. The van der Waals surface area contributed by atoms with Gasteiger partial charge >= 0.3 is 0 Å². The Morgan fingerprint density at radius 2 is 1.73 bits per heavy atom. The van der Waals surface area contributed by atoms with Crippen molar-refractivity contribution in [3.8, 4) is 0 Å². The maximum Gasteiger partial charge on any atom is 0.0594 e. The molecule has 15 heavy (non-hydrogen) atoms. The van der Waals surface area contributed by atoms with Gasteiger partial charge in [-0.25, -0.2) is 0 Å². The second-order valence-electron chi connectivity index (χ2n) is 4.94. The normalized spacial score (nSPS) is 23.0. The summed E-state index contributed by atoms with van der Waals surface area (Å²) in [6.07, 6.45) is 0. The third kappa shape index (κ3) is 4.49. The number of nitrogens with zero attached hydrogens (tertiary/aromatic N) is 1. The Kier molecular flexibility index (Phi) is 5.58. The number of hydrogen-bond acceptors (Lipinski definition) is 3. The molecule has 1 N–H and O–H groups in total. The van der Waals surface area contributed by atoms with E-state index in [-0.39, 0.29) is 0 Å². The number of nitrogens with one attached hydrogen (secondary N) is 1. The van der Waals surface area contributed by atoms with E-state index in [2.05, 4.69) is 37.9 Å². The summed E-state index contributed by atoms with van der Waals surface area (Å²) in [7, 11) is 0. The van der Waals surface area contributed by atoms with Gasteiger partial charge in [0, 0.05) is 31.7 Å². The molecule has 2 unspecified atom stereocenters. The lowest BCUT2D eigenvalue weighted by Crippen LogP contribution is -2.48. The number of ether oxygens (including phenoxy) is 1. The van der Waals surface area contributed by atoms with E-state index in [1.807, 2.05) is 0 Å². The van der Waals surface area contributed by atoms with Gasteiger partial charge in [-0.2, -0.15) is 0 Å². The van der Waals surface area contributed by atoms with Gasteiger partial charge in [0.15, 0.2) is 0 Å². The zero-order valence-corrected chi connectivity index (χ0v) is 10.6. The molecule has 3 heteroatoms. The summed E-state index contributed by atoms with van der Waals surface area (Å²) in [6, 6.07) is 1.23. The lowest BCUT2D eigenvalue weighted by atomic mass is 10.1. The summed E-state index contributed by atoms with van der Waals surface area (Å²) in [5, 5.41) is 3.60. The van der Waals surface area contributed by atoms with Crippen LogP contribution in [0, 0.1) is 5.92 Å². The van der Waals surface area contributed by atoms with Crippen LogP contribution in [-0.2, 0) is 4.74 Å². The Bertz CT molecular complexity index is 167. The minimum absolute atomic E-state index is 0.605. The van der Waals surface area contributed by atoms with Crippen molar-refractivity contribution in [3.05, 3.63) is 0 Å². The Morgan fingerprint density at radius 3 is 2.27 bits per heavy atom. The standard InChI is InChI=1S/C12H26N2O/c1-10(2)12(4)13-9-11(3)14-5-7-15-8-6-14/h10-13H,5-9H2,1-4H3. The van der Waals surface area contributed by atoms with Crippen molar-refractivity contribution in [2.45, 2.75) is 39.8 Å². The van der Waals surface area contributed by atoms with Crippen LogP contribution in [0.15, 0.2) is 0 Å². The van der Waals surface area contributed by atoms with Crippen LogP contribution in [0.4, 0.5) is 0 Å². The van der Waals surface area contributed by atoms with Gasteiger partial charge < -0.3 is 10.1 Å². The van der Waals surface area contributed by atoms with Crippen LogP contribution in [0.2, 0.25) is 0 Å². The average molecular weight is 214 g/mol. The molecule has 2 atom stereocenters. The molecule has 1 rings (SSSR count). The molecule has 3 nitrogen and oxygen atoms in total. The molecular weight excluding hydrogens is 188 g/mol. The Labute approximate surface area is 94.2 Å². The molecule has 1 heterocycles. The lowest BCUT2D eigenvalue weighted by molar-refractivity contribution is 0.0197. The molecule has 1 aliphatic rings. The quantitative estimate of drug-likeness (QED) is 0.747. The second kappa shape index (κ2) is 6.46. The van der Waals surface area contributed by atoms with Crippen molar-refractivity contribution in [1.29, 1.82) is 0 Å². The van der Waals surface area contributed by atoms with Gasteiger partial charge in [-0.05, 0) is 19.8 Å². The first-order valence-electron chi connectivity index (χ1n) is 6.16. The van der Waals surface area contributed by atoms with Crippen LogP contribution in [0.1, 0.15) is 27.7 Å². The predicted molar refractivity (Wildman–Crippen MR) is 64.2 cm³/mol. The van der Waals surface area contributed by atoms with Gasteiger partial charge in [-0.1, -0.05) is 13.8 Å². The van der Waals surface area contributed by atoms with E-state index in [0.29, 0.717) is 18.0 Å². The molecule has 1 aliphatic heterocycles. The van der Waals surface area contributed by atoms with Gasteiger partial charge in [0.05, 0.1) is 13.2 Å². The van der Waals surface area contributed by atoms with Crippen LogP contribution in [0.3, 0.4) is 0 Å². The molecule has 1 saturated heterocycles. The van der Waals surface area contributed by atoms with Crippen LogP contribution < -0.4 is 5.32 Å². The molecule has 1 fully saturated rings. The fourth-order valence-electron chi connectivity index (χ4n) is 1.74. The highest BCUT2D eigenvalue weighted by molar-refractivity contribution is 4.74. The molecular formula is C12H26N2O. The van der Waals surface area contributed by atoms with Crippen LogP contribution in [0.5, 0.6) is 0 Å². The first-order valence-corrected chi connectivity index (χ1v) is 6.16. The first kappa shape index (κ1) is 12.9. The molecule has 0 saturated carbocycles. The second-order valence-corrected chi connectivity index (χ2v) is 4.94. The van der Waals surface area contributed by atoms with Gasteiger partial charge in [-0.3, -0.25) is 4.90 Å². The van der Waals surface area contributed by atoms with Crippen molar-refractivity contribution in [3.63, 3.8) is 0 Å². The van der Waals surface area contributed by atoms with Crippen molar-refractivity contribution in [2.24, 2.45) is 5.92 Å². The fraction of sp³-hybridized carbons (Fsp3) is 1.00. The SMILES string of the molecule is CC(C)C(C)NCC(C)N1CCOCC1. The van der Waals surface area contributed by atoms with E-state index in [1.165, 1.54) is 0 Å². The first-order chi connectivity index (χ1) is 7.11. The third-order valence-electron chi connectivity index (χ3n) is 3.40. The summed E-state index contributed by atoms with van der Waals surface area (Å²) < 4.78 is 5.35. The van der Waals surface area contributed by atoms with Crippen LogP contribution in [0.25, 0.3) is 0 Å². The topological polar surface area (TPSA) is 24.5 Å². The molecule has 0 spiro atoms. The smallest absolute Gasteiger partial charge is 0.0594 e. The highest BCUT2D eigenvalue weighted by Gasteiger charge is 2.17. The monoisotopic (exact) mass is 214 g/mol. The van der Waals surface area contributed by atoms with E-state index in [1.54, 1.807) is 0 Å². The lowest BCUT2D eigenvalue weighted by Gasteiger charge is -2.33. The van der Waals surface area contributed by atoms with Gasteiger partial charge in [0.2, 0.25) is 0 Å². The Morgan fingerprint density at radius 1 is 1.13 bits per heavy atom.